The molecule has 1 aromatic heterocycles. The summed E-state index contributed by atoms with van der Waals surface area (Å²) in [4.78, 5) is 12.7. The minimum absolute atomic E-state index is 0.273. The zero-order valence-corrected chi connectivity index (χ0v) is 13.6. The molecule has 1 amide bonds. The Hall–Kier alpha value is -1.34. The van der Waals surface area contributed by atoms with E-state index in [1.807, 2.05) is 20.8 Å². The van der Waals surface area contributed by atoms with Crippen molar-refractivity contribution in [1.29, 1.82) is 0 Å². The summed E-state index contributed by atoms with van der Waals surface area (Å²) in [5.74, 6) is -0.757. The van der Waals surface area contributed by atoms with E-state index < -0.39 is 5.82 Å². The Kier molecular flexibility index (Phi) is 4.19. The second-order valence-corrected chi connectivity index (χ2v) is 6.89. The molecular weight excluding hydrogens is 345 g/mol. The van der Waals surface area contributed by atoms with Crippen LogP contribution in [0.4, 0.5) is 10.1 Å². The van der Waals surface area contributed by atoms with Crippen LogP contribution in [0.15, 0.2) is 22.7 Å². The maximum atomic E-state index is 13.4. The van der Waals surface area contributed by atoms with Gasteiger partial charge in [-0.2, -0.15) is 0 Å². The van der Waals surface area contributed by atoms with Crippen LogP contribution in [0.1, 0.15) is 36.1 Å². The number of carbonyl (C=O) groups excluding carboxylic acids is 1. The Bertz CT molecular complexity index is 651. The third kappa shape index (κ3) is 3.21. The Morgan fingerprint density at radius 2 is 2.10 bits per heavy atom. The molecule has 0 radical (unpaired) electrons. The predicted molar refractivity (Wildman–Crippen MR) is 80.7 cm³/mol. The fraction of sp³-hybridized carbons (Fsp3) is 0.308. The largest absolute Gasteiger partial charge is 0.321 e. The number of anilines is 1. The Morgan fingerprint density at radius 3 is 2.70 bits per heavy atom. The summed E-state index contributed by atoms with van der Waals surface area (Å²) in [6.45, 7) is 5.87. The lowest BCUT2D eigenvalue weighted by Gasteiger charge is -2.16. The maximum Gasteiger partial charge on any atom is 0.269 e. The number of aromatic nitrogens is 2. The van der Waals surface area contributed by atoms with Crippen molar-refractivity contribution in [3.63, 3.8) is 0 Å². The van der Waals surface area contributed by atoms with Crippen LogP contribution in [0, 0.1) is 5.82 Å². The average molecular weight is 358 g/mol. The lowest BCUT2D eigenvalue weighted by Crippen LogP contribution is -2.19. The molecule has 0 aliphatic carbocycles. The SMILES string of the molecule is CC(C)(C)c1nnsc1C(=O)Nc1ccc(Br)c(F)c1. The van der Waals surface area contributed by atoms with Gasteiger partial charge >= 0.3 is 0 Å². The van der Waals surface area contributed by atoms with Gasteiger partial charge in [-0.25, -0.2) is 4.39 Å². The van der Waals surface area contributed by atoms with Crippen molar-refractivity contribution < 1.29 is 9.18 Å². The van der Waals surface area contributed by atoms with Crippen molar-refractivity contribution in [2.24, 2.45) is 0 Å². The number of nitrogens with one attached hydrogen (secondary N) is 1. The van der Waals surface area contributed by atoms with E-state index in [2.05, 4.69) is 30.8 Å². The Balaban J connectivity index is 2.25. The first-order chi connectivity index (χ1) is 9.29. The smallest absolute Gasteiger partial charge is 0.269 e. The number of benzene rings is 1. The third-order valence-corrected chi connectivity index (χ3v) is 3.95. The number of halogens is 2. The van der Waals surface area contributed by atoms with E-state index in [0.717, 1.165) is 11.5 Å². The van der Waals surface area contributed by atoms with Gasteiger partial charge in [0.15, 0.2) is 0 Å². The number of nitrogens with zero attached hydrogens (tertiary/aromatic N) is 2. The van der Waals surface area contributed by atoms with E-state index >= 15 is 0 Å². The van der Waals surface area contributed by atoms with E-state index in [4.69, 9.17) is 0 Å². The van der Waals surface area contributed by atoms with Crippen molar-refractivity contribution >= 4 is 39.1 Å². The summed E-state index contributed by atoms with van der Waals surface area (Å²) in [7, 11) is 0. The molecular formula is C13H13BrFN3OS. The predicted octanol–water partition coefficient (Wildman–Crippen LogP) is 3.99. The number of rotatable bonds is 2. The topological polar surface area (TPSA) is 54.9 Å². The highest BCUT2D eigenvalue weighted by Crippen LogP contribution is 2.27. The van der Waals surface area contributed by atoms with Crippen LogP contribution in [-0.2, 0) is 5.41 Å². The monoisotopic (exact) mass is 357 g/mol. The van der Waals surface area contributed by atoms with E-state index in [-0.39, 0.29) is 11.3 Å². The zero-order chi connectivity index (χ0) is 14.9. The van der Waals surface area contributed by atoms with E-state index in [0.29, 0.717) is 20.7 Å². The van der Waals surface area contributed by atoms with Gasteiger partial charge in [-0.3, -0.25) is 4.79 Å². The van der Waals surface area contributed by atoms with Crippen molar-refractivity contribution in [3.05, 3.63) is 39.1 Å². The normalized spacial score (nSPS) is 11.4. The summed E-state index contributed by atoms with van der Waals surface area (Å²) in [6, 6.07) is 4.42. The number of amides is 1. The number of hydrogen-bond donors (Lipinski definition) is 1. The van der Waals surface area contributed by atoms with Crippen molar-refractivity contribution in [1.82, 2.24) is 9.59 Å². The molecule has 1 N–H and O–H groups in total. The highest BCUT2D eigenvalue weighted by Gasteiger charge is 2.26. The fourth-order valence-electron chi connectivity index (χ4n) is 1.59. The van der Waals surface area contributed by atoms with Gasteiger partial charge in [0.25, 0.3) is 5.91 Å². The standard InChI is InChI=1S/C13H13BrFN3OS/c1-13(2,3)11-10(20-18-17-11)12(19)16-7-4-5-8(14)9(15)6-7/h4-6H,1-3H3,(H,16,19). The molecule has 0 saturated carbocycles. The van der Waals surface area contributed by atoms with Crippen LogP contribution >= 0.6 is 27.5 Å². The molecule has 20 heavy (non-hydrogen) atoms. The molecule has 0 atom stereocenters. The molecule has 0 fully saturated rings. The van der Waals surface area contributed by atoms with E-state index in [1.54, 1.807) is 12.1 Å². The minimum Gasteiger partial charge on any atom is -0.321 e. The second kappa shape index (κ2) is 5.57. The summed E-state index contributed by atoms with van der Waals surface area (Å²) in [6.07, 6.45) is 0. The third-order valence-electron chi connectivity index (χ3n) is 2.58. The van der Waals surface area contributed by atoms with E-state index in [1.165, 1.54) is 6.07 Å². The molecule has 7 heteroatoms. The first kappa shape index (κ1) is 15.1. The molecule has 0 bridgehead atoms. The summed E-state index contributed by atoms with van der Waals surface area (Å²) >= 11 is 4.10. The van der Waals surface area contributed by atoms with Crippen LogP contribution in [0.25, 0.3) is 0 Å². The molecule has 4 nitrogen and oxygen atoms in total. The highest BCUT2D eigenvalue weighted by molar-refractivity contribution is 9.10. The van der Waals surface area contributed by atoms with E-state index in [9.17, 15) is 9.18 Å². The molecule has 106 valence electrons. The fourth-order valence-corrected chi connectivity index (χ4v) is 2.61. The van der Waals surface area contributed by atoms with Crippen LogP contribution in [0.2, 0.25) is 0 Å². The molecule has 2 aromatic rings. The van der Waals surface area contributed by atoms with Crippen LogP contribution in [0.5, 0.6) is 0 Å². The highest BCUT2D eigenvalue weighted by atomic mass is 79.9. The maximum absolute atomic E-state index is 13.4. The molecule has 0 aliphatic heterocycles. The van der Waals surface area contributed by atoms with Crippen molar-refractivity contribution in [2.75, 3.05) is 5.32 Å². The molecule has 2 rings (SSSR count). The number of carbonyl (C=O) groups is 1. The van der Waals surface area contributed by atoms with Gasteiger partial charge in [-0.1, -0.05) is 25.3 Å². The second-order valence-electron chi connectivity index (χ2n) is 5.28. The summed E-state index contributed by atoms with van der Waals surface area (Å²) in [5, 5.41) is 6.66. The first-order valence-electron chi connectivity index (χ1n) is 5.88. The van der Waals surface area contributed by atoms with Gasteiger partial charge in [-0.05, 0) is 45.7 Å². The molecule has 0 spiro atoms. The zero-order valence-electron chi connectivity index (χ0n) is 11.2. The molecule has 1 aromatic carbocycles. The quantitative estimate of drug-likeness (QED) is 0.883. The van der Waals surface area contributed by atoms with Gasteiger partial charge in [0.2, 0.25) is 0 Å². The molecule has 0 aliphatic rings. The van der Waals surface area contributed by atoms with Gasteiger partial charge in [0, 0.05) is 11.1 Å². The van der Waals surface area contributed by atoms with Gasteiger partial charge < -0.3 is 5.32 Å². The Labute approximate surface area is 128 Å². The average Bonchev–Trinajstić information content (AvgIpc) is 2.83. The van der Waals surface area contributed by atoms with Gasteiger partial charge in [-0.15, -0.1) is 5.10 Å². The van der Waals surface area contributed by atoms with Crippen molar-refractivity contribution in [3.8, 4) is 0 Å². The Morgan fingerprint density at radius 1 is 1.40 bits per heavy atom. The molecule has 0 saturated heterocycles. The summed E-state index contributed by atoms with van der Waals surface area (Å²) in [5.41, 5.74) is 0.756. The van der Waals surface area contributed by atoms with Crippen LogP contribution in [0.3, 0.4) is 0 Å². The molecule has 1 heterocycles. The van der Waals surface area contributed by atoms with Gasteiger partial charge in [0.1, 0.15) is 10.7 Å². The lowest BCUT2D eigenvalue weighted by molar-refractivity contribution is 0.102. The first-order valence-corrected chi connectivity index (χ1v) is 7.45. The minimum atomic E-state index is -0.429. The van der Waals surface area contributed by atoms with Gasteiger partial charge in [0.05, 0.1) is 10.2 Å². The van der Waals surface area contributed by atoms with Crippen LogP contribution < -0.4 is 5.32 Å². The molecule has 0 unspecified atom stereocenters. The summed E-state index contributed by atoms with van der Waals surface area (Å²) < 4.78 is 17.6. The van der Waals surface area contributed by atoms with Crippen molar-refractivity contribution in [2.45, 2.75) is 26.2 Å². The lowest BCUT2D eigenvalue weighted by atomic mass is 9.91. The number of hydrogen-bond acceptors (Lipinski definition) is 4. The van der Waals surface area contributed by atoms with Crippen LogP contribution in [-0.4, -0.2) is 15.5 Å².